The van der Waals surface area contributed by atoms with Crippen LogP contribution < -0.4 is 21.0 Å². The lowest BCUT2D eigenvalue weighted by atomic mass is 10.00. The highest BCUT2D eigenvalue weighted by Crippen LogP contribution is 2.34. The van der Waals surface area contributed by atoms with Crippen LogP contribution in [0.15, 0.2) is 48.8 Å². The van der Waals surface area contributed by atoms with Crippen LogP contribution in [-0.4, -0.2) is 83.6 Å². The highest BCUT2D eigenvalue weighted by Gasteiger charge is 2.50. The summed E-state index contributed by atoms with van der Waals surface area (Å²) >= 11 is 0. The van der Waals surface area contributed by atoms with Gasteiger partial charge in [-0.3, -0.25) is 19.9 Å². The minimum Gasteiger partial charge on any atom is -0.628 e. The molecule has 3 aromatic rings. The Kier molecular flexibility index (Phi) is 9.09. The van der Waals surface area contributed by atoms with Gasteiger partial charge in [-0.2, -0.15) is 0 Å². The van der Waals surface area contributed by atoms with Crippen molar-refractivity contribution in [2.24, 2.45) is 5.92 Å². The number of hydrogen-bond acceptors (Lipinski definition) is 9. The number of carbonyl (C=O) groups is 3. The van der Waals surface area contributed by atoms with Crippen molar-refractivity contribution in [3.63, 3.8) is 0 Å². The maximum atomic E-state index is 13.5. The number of nitrogens with one attached hydrogen (secondary N) is 4. The van der Waals surface area contributed by atoms with Gasteiger partial charge in [0.1, 0.15) is 6.04 Å². The van der Waals surface area contributed by atoms with E-state index in [1.165, 1.54) is 7.11 Å². The molecule has 3 aliphatic rings. The van der Waals surface area contributed by atoms with Crippen LogP contribution in [0.3, 0.4) is 0 Å². The third kappa shape index (κ3) is 6.69. The summed E-state index contributed by atoms with van der Waals surface area (Å²) < 4.78 is 4.70. The Bertz CT molecular complexity index is 1560. The predicted octanol–water partition coefficient (Wildman–Crippen LogP) is 2.02. The lowest BCUT2D eigenvalue weighted by Crippen LogP contribution is -3.04. The molecule has 6 atom stereocenters. The van der Waals surface area contributed by atoms with Crippen molar-refractivity contribution in [1.29, 1.82) is 0 Å². The highest BCUT2D eigenvalue weighted by molar-refractivity contribution is 5.97. The van der Waals surface area contributed by atoms with Gasteiger partial charge in [-0.25, -0.2) is 9.78 Å². The first-order chi connectivity index (χ1) is 21.7. The number of ketones is 1. The van der Waals surface area contributed by atoms with Crippen molar-refractivity contribution in [2.75, 3.05) is 26.7 Å². The zero-order chi connectivity index (χ0) is 31.7. The molecule has 0 bridgehead atoms. The number of hydrogen-bond donors (Lipinski definition) is 4. The zero-order valence-corrected chi connectivity index (χ0v) is 25.9. The number of carbonyl (C=O) groups excluding carboxylic acids is 3. The number of benzene rings is 1. The Morgan fingerprint density at radius 2 is 1.89 bits per heavy atom. The first kappa shape index (κ1) is 31.0. The third-order valence-corrected chi connectivity index (χ3v) is 9.19. The molecule has 0 radical (unpaired) electrons. The molecule has 0 spiro atoms. The fourth-order valence-electron chi connectivity index (χ4n) is 6.54. The van der Waals surface area contributed by atoms with Gasteiger partial charge in [0, 0.05) is 36.0 Å². The van der Waals surface area contributed by atoms with E-state index in [4.69, 9.17) is 4.74 Å². The maximum absolute atomic E-state index is 13.5. The topological polar surface area (TPSA) is 163 Å². The average Bonchev–Trinajstić information content (AvgIpc) is 3.40. The molecule has 45 heavy (non-hydrogen) atoms. The Morgan fingerprint density at radius 3 is 2.60 bits per heavy atom. The lowest BCUT2D eigenvalue weighted by molar-refractivity contribution is -0.780. The van der Waals surface area contributed by atoms with Crippen molar-refractivity contribution in [1.82, 2.24) is 30.8 Å². The second-order valence-corrected chi connectivity index (χ2v) is 12.6. The first-order valence-electron chi connectivity index (χ1n) is 15.8. The van der Waals surface area contributed by atoms with Crippen molar-refractivity contribution in [3.8, 4) is 11.1 Å². The number of nitrogens with zero attached hydrogens (tertiary/aromatic N) is 3. The number of Topliss-reactive ketones (excluding diaryl/α,β-unsaturated/α-hetero) is 1. The molecular formula is C33H41N7O5. The number of quaternary nitrogens is 1. The van der Waals surface area contributed by atoms with Crippen LogP contribution >= 0.6 is 0 Å². The van der Waals surface area contributed by atoms with Crippen molar-refractivity contribution in [2.45, 2.75) is 69.7 Å². The van der Waals surface area contributed by atoms with Gasteiger partial charge < -0.3 is 30.5 Å². The molecule has 6 rings (SSSR count). The zero-order valence-electron chi connectivity index (χ0n) is 25.9. The number of aromatic nitrogens is 2. The van der Waals surface area contributed by atoms with E-state index in [-0.39, 0.29) is 34.8 Å². The van der Waals surface area contributed by atoms with Crippen LogP contribution in [0.1, 0.15) is 51.3 Å². The van der Waals surface area contributed by atoms with Crippen LogP contribution in [0.25, 0.3) is 21.9 Å². The van der Waals surface area contributed by atoms with Crippen molar-refractivity contribution >= 4 is 34.4 Å². The summed E-state index contributed by atoms with van der Waals surface area (Å²) in [6.45, 7) is 5.59. The number of ether oxygens (including phenoxy) is 1. The molecule has 3 saturated heterocycles. The maximum Gasteiger partial charge on any atom is 0.407 e. The van der Waals surface area contributed by atoms with Gasteiger partial charge >= 0.3 is 6.09 Å². The second-order valence-electron chi connectivity index (χ2n) is 12.6. The normalized spacial score (nSPS) is 24.1. The first-order valence-corrected chi connectivity index (χ1v) is 15.8. The molecule has 0 saturated carbocycles. The summed E-state index contributed by atoms with van der Waals surface area (Å²) in [4.78, 5) is 49.4. The Labute approximate surface area is 262 Å². The van der Waals surface area contributed by atoms with E-state index >= 15 is 0 Å². The van der Waals surface area contributed by atoms with E-state index in [9.17, 15) is 19.6 Å². The molecule has 3 fully saturated rings. The number of fused-ring (bicyclic) bond motifs is 1. The number of hydroxylamine groups is 1. The monoisotopic (exact) mass is 615 g/mol. The summed E-state index contributed by atoms with van der Waals surface area (Å²) in [5, 5.41) is 24.1. The molecule has 238 valence electrons. The number of amides is 2. The summed E-state index contributed by atoms with van der Waals surface area (Å²) in [5.74, 6) is 0.0265. The fourth-order valence-corrected chi connectivity index (χ4v) is 6.54. The second kappa shape index (κ2) is 13.2. The molecule has 4 N–H and O–H groups in total. The molecule has 2 amide bonds. The Morgan fingerprint density at radius 1 is 1.07 bits per heavy atom. The fraction of sp³-hybridized carbons (Fsp3) is 0.485. The molecule has 2 aromatic heterocycles. The number of likely N-dealkylation sites (tertiary alicyclic amines) is 1. The predicted molar refractivity (Wildman–Crippen MR) is 168 cm³/mol. The van der Waals surface area contributed by atoms with Gasteiger partial charge in [-0.1, -0.05) is 32.0 Å². The lowest BCUT2D eigenvalue weighted by Gasteiger charge is -2.30. The van der Waals surface area contributed by atoms with Crippen molar-refractivity contribution in [3.05, 3.63) is 59.7 Å². The van der Waals surface area contributed by atoms with Gasteiger partial charge in [0.2, 0.25) is 11.7 Å². The van der Waals surface area contributed by atoms with Crippen LogP contribution in [0, 0.1) is 11.1 Å². The summed E-state index contributed by atoms with van der Waals surface area (Å²) in [5.41, 5.74) is 2.66. The van der Waals surface area contributed by atoms with E-state index < -0.39 is 24.2 Å². The van der Waals surface area contributed by atoms with Crippen LogP contribution in [0.4, 0.5) is 10.6 Å². The number of rotatable bonds is 10. The van der Waals surface area contributed by atoms with E-state index in [2.05, 4.69) is 25.9 Å². The molecular weight excluding hydrogens is 574 g/mol. The molecule has 0 aliphatic carbocycles. The summed E-state index contributed by atoms with van der Waals surface area (Å²) in [6.07, 6.45) is 6.32. The van der Waals surface area contributed by atoms with Gasteiger partial charge in [-0.05, 0) is 61.2 Å². The minimum absolute atomic E-state index is 0.0329. The third-order valence-electron chi connectivity index (χ3n) is 9.19. The molecule has 1 aromatic carbocycles. The molecule has 3 aliphatic heterocycles. The minimum atomic E-state index is -0.768. The largest absolute Gasteiger partial charge is 0.628 e. The number of methoxy groups -OCH3 is 1. The Hall–Kier alpha value is -3.97. The van der Waals surface area contributed by atoms with Gasteiger partial charge in [0.05, 0.1) is 43.5 Å². The van der Waals surface area contributed by atoms with Crippen LogP contribution in [-0.2, 0) is 14.3 Å². The van der Waals surface area contributed by atoms with Crippen LogP contribution in [0.5, 0.6) is 0 Å². The van der Waals surface area contributed by atoms with Crippen LogP contribution in [0.2, 0.25) is 0 Å². The molecule has 3 unspecified atom stereocenters. The van der Waals surface area contributed by atoms with E-state index in [1.54, 1.807) is 17.3 Å². The van der Waals surface area contributed by atoms with E-state index in [0.29, 0.717) is 25.3 Å². The average molecular weight is 616 g/mol. The SMILES string of the molecule is COC(=O)N[C@H](C(=O)N1CCC[C@H]1C(=O)C1NC1c1ccc(-c2ccc3cnc([NH+]([O-])C[C@@H]4CCCN4)cc3c2)cn1)C(C)C. The van der Waals surface area contributed by atoms with Crippen molar-refractivity contribution < 1.29 is 24.2 Å². The summed E-state index contributed by atoms with van der Waals surface area (Å²) in [7, 11) is 1.26. The number of pyridine rings is 2. The highest BCUT2D eigenvalue weighted by atomic mass is 16.5. The number of alkyl carbamates (subject to hydrolysis) is 1. The molecule has 12 heteroatoms. The molecule has 5 heterocycles. The summed E-state index contributed by atoms with van der Waals surface area (Å²) in [6, 6.07) is 10.1. The Balaban J connectivity index is 1.11. The standard InChI is InChI=1S/C33H41N7O5/c1-19(2)28(38-33(43)45-3)32(42)39-13-5-7-26(39)31(41)30-29(37-30)25-11-10-21(16-35-25)20-8-9-22-17-36-27(15-23(22)14-20)40(44)18-24-6-4-12-34-24/h8-11,14-17,19,24,26,28-30,34,37,40H,4-7,12-13,18H2,1-3H3,(H,38,43)/t24-,26-,28-,29?,30?/m0/s1. The smallest absolute Gasteiger partial charge is 0.407 e. The van der Waals surface area contributed by atoms with E-state index in [1.807, 2.05) is 50.2 Å². The van der Waals surface area contributed by atoms with Gasteiger partial charge in [-0.15, -0.1) is 0 Å². The van der Waals surface area contributed by atoms with Gasteiger partial charge in [0.15, 0.2) is 5.78 Å². The molecule has 12 nitrogen and oxygen atoms in total. The van der Waals surface area contributed by atoms with E-state index in [0.717, 1.165) is 53.4 Å². The quantitative estimate of drug-likeness (QED) is 0.197. The van der Waals surface area contributed by atoms with Gasteiger partial charge in [0.25, 0.3) is 0 Å².